The monoisotopic (exact) mass is 288 g/mol. The number of amides is 1. The highest BCUT2D eigenvalue weighted by Crippen LogP contribution is 2.38. The van der Waals surface area contributed by atoms with Gasteiger partial charge in [0.15, 0.2) is 0 Å². The summed E-state index contributed by atoms with van der Waals surface area (Å²) in [6.07, 6.45) is 4.74. The van der Waals surface area contributed by atoms with Crippen LogP contribution in [0, 0.1) is 5.92 Å². The van der Waals surface area contributed by atoms with E-state index >= 15 is 0 Å². The predicted octanol–water partition coefficient (Wildman–Crippen LogP) is 0.752. The van der Waals surface area contributed by atoms with E-state index in [0.717, 1.165) is 50.4 Å². The molecule has 2 atom stereocenters. The van der Waals surface area contributed by atoms with Crippen LogP contribution in [0.3, 0.4) is 0 Å². The molecule has 0 bridgehead atoms. The van der Waals surface area contributed by atoms with Gasteiger partial charge in [0.05, 0.1) is 0 Å². The standard InChI is InChI=1S/C15H20N4O2/c20-13-4-3-10-8-19(6-5-11(10)16-13)12-7-14(21)18-15(17-12)9-1-2-9/h7,9-11H,1-6,8H2,(H,16,20)(H,17,18,21). The molecule has 1 saturated carbocycles. The number of nitrogens with one attached hydrogen (secondary N) is 2. The Morgan fingerprint density at radius 1 is 1.19 bits per heavy atom. The second kappa shape index (κ2) is 4.86. The Labute approximate surface area is 123 Å². The van der Waals surface area contributed by atoms with Crippen molar-refractivity contribution in [2.45, 2.75) is 44.1 Å². The summed E-state index contributed by atoms with van der Waals surface area (Å²) in [6, 6.07) is 1.90. The molecule has 21 heavy (non-hydrogen) atoms. The van der Waals surface area contributed by atoms with Crippen LogP contribution in [0.4, 0.5) is 5.82 Å². The molecule has 0 radical (unpaired) electrons. The fourth-order valence-corrected chi connectivity index (χ4v) is 3.49. The van der Waals surface area contributed by atoms with E-state index in [2.05, 4.69) is 20.2 Å². The molecule has 0 spiro atoms. The third-order valence-corrected chi connectivity index (χ3v) is 4.86. The summed E-state index contributed by atoms with van der Waals surface area (Å²) in [5.74, 6) is 2.74. The molecule has 4 rings (SSSR count). The molecule has 1 aliphatic carbocycles. The smallest absolute Gasteiger partial charge is 0.252 e. The highest BCUT2D eigenvalue weighted by Gasteiger charge is 2.34. The second-order valence-electron chi connectivity index (χ2n) is 6.47. The number of rotatable bonds is 2. The molecule has 6 heteroatoms. The van der Waals surface area contributed by atoms with Gasteiger partial charge in [0.25, 0.3) is 5.56 Å². The lowest BCUT2D eigenvalue weighted by molar-refractivity contribution is -0.124. The van der Waals surface area contributed by atoms with E-state index in [1.165, 1.54) is 0 Å². The third kappa shape index (κ3) is 2.54. The minimum Gasteiger partial charge on any atom is -0.356 e. The van der Waals surface area contributed by atoms with Crippen molar-refractivity contribution >= 4 is 11.7 Å². The molecule has 2 unspecified atom stereocenters. The predicted molar refractivity (Wildman–Crippen MR) is 78.3 cm³/mol. The van der Waals surface area contributed by atoms with Crippen molar-refractivity contribution in [2.75, 3.05) is 18.0 Å². The average Bonchev–Trinajstić information content (AvgIpc) is 3.30. The Morgan fingerprint density at radius 2 is 2.05 bits per heavy atom. The van der Waals surface area contributed by atoms with Crippen LogP contribution in [0.25, 0.3) is 0 Å². The van der Waals surface area contributed by atoms with Crippen LogP contribution < -0.4 is 15.8 Å². The Kier molecular flexibility index (Phi) is 2.97. The minimum absolute atomic E-state index is 0.0547. The van der Waals surface area contributed by atoms with Crippen LogP contribution in [-0.2, 0) is 4.79 Å². The first kappa shape index (κ1) is 12.9. The first-order valence-corrected chi connectivity index (χ1v) is 7.84. The first-order chi connectivity index (χ1) is 10.2. The molecule has 112 valence electrons. The molecular weight excluding hydrogens is 268 g/mol. The number of carbonyl (C=O) groups is 1. The highest BCUT2D eigenvalue weighted by molar-refractivity contribution is 5.77. The van der Waals surface area contributed by atoms with E-state index < -0.39 is 0 Å². The van der Waals surface area contributed by atoms with Crippen LogP contribution in [0.5, 0.6) is 0 Å². The Morgan fingerprint density at radius 3 is 2.86 bits per heavy atom. The van der Waals surface area contributed by atoms with Gasteiger partial charge in [-0.2, -0.15) is 0 Å². The number of H-pyrrole nitrogens is 1. The van der Waals surface area contributed by atoms with E-state index in [0.29, 0.717) is 24.3 Å². The van der Waals surface area contributed by atoms with Crippen molar-refractivity contribution in [2.24, 2.45) is 5.92 Å². The van der Waals surface area contributed by atoms with Crippen molar-refractivity contribution in [3.63, 3.8) is 0 Å². The van der Waals surface area contributed by atoms with Gasteiger partial charge in [0.2, 0.25) is 5.91 Å². The number of hydrogen-bond donors (Lipinski definition) is 2. The van der Waals surface area contributed by atoms with Crippen molar-refractivity contribution in [1.29, 1.82) is 0 Å². The second-order valence-corrected chi connectivity index (χ2v) is 6.47. The molecule has 1 amide bonds. The van der Waals surface area contributed by atoms with Gasteiger partial charge in [-0.3, -0.25) is 9.59 Å². The number of piperidine rings is 2. The van der Waals surface area contributed by atoms with Crippen LogP contribution >= 0.6 is 0 Å². The highest BCUT2D eigenvalue weighted by atomic mass is 16.1. The number of nitrogens with zero attached hydrogens (tertiary/aromatic N) is 2. The summed E-state index contributed by atoms with van der Waals surface area (Å²) in [6.45, 7) is 1.73. The number of carbonyl (C=O) groups excluding carboxylic acids is 1. The van der Waals surface area contributed by atoms with E-state index in [-0.39, 0.29) is 11.5 Å². The molecule has 2 saturated heterocycles. The lowest BCUT2D eigenvalue weighted by Crippen LogP contribution is -2.54. The van der Waals surface area contributed by atoms with Crippen LogP contribution in [-0.4, -0.2) is 35.0 Å². The van der Waals surface area contributed by atoms with Gasteiger partial charge in [0.1, 0.15) is 11.6 Å². The van der Waals surface area contributed by atoms with Gasteiger partial charge < -0.3 is 15.2 Å². The van der Waals surface area contributed by atoms with Gasteiger partial charge in [-0.25, -0.2) is 4.98 Å². The van der Waals surface area contributed by atoms with Crippen molar-refractivity contribution in [3.05, 3.63) is 22.2 Å². The number of fused-ring (bicyclic) bond motifs is 1. The minimum atomic E-state index is -0.0547. The maximum atomic E-state index is 11.8. The van der Waals surface area contributed by atoms with E-state index in [9.17, 15) is 9.59 Å². The molecule has 6 nitrogen and oxygen atoms in total. The largest absolute Gasteiger partial charge is 0.356 e. The topological polar surface area (TPSA) is 78.1 Å². The number of aromatic nitrogens is 2. The summed E-state index contributed by atoms with van der Waals surface area (Å²) >= 11 is 0. The van der Waals surface area contributed by atoms with E-state index in [1.807, 2.05) is 0 Å². The van der Waals surface area contributed by atoms with Gasteiger partial charge in [-0.15, -0.1) is 0 Å². The van der Waals surface area contributed by atoms with Crippen LogP contribution in [0.1, 0.15) is 43.8 Å². The Hall–Kier alpha value is -1.85. The lowest BCUT2D eigenvalue weighted by atomic mass is 9.85. The van der Waals surface area contributed by atoms with Gasteiger partial charge in [-0.1, -0.05) is 0 Å². The summed E-state index contributed by atoms with van der Waals surface area (Å²) < 4.78 is 0. The molecule has 3 aliphatic rings. The van der Waals surface area contributed by atoms with Crippen LogP contribution in [0.15, 0.2) is 10.9 Å². The van der Waals surface area contributed by atoms with Crippen molar-refractivity contribution in [3.8, 4) is 0 Å². The Balaban J connectivity index is 1.54. The zero-order valence-corrected chi connectivity index (χ0v) is 12.0. The maximum Gasteiger partial charge on any atom is 0.252 e. The third-order valence-electron chi connectivity index (χ3n) is 4.86. The fourth-order valence-electron chi connectivity index (χ4n) is 3.49. The summed E-state index contributed by atoms with van der Waals surface area (Å²) in [5.41, 5.74) is -0.0547. The molecule has 3 heterocycles. The normalized spacial score (nSPS) is 29.0. The van der Waals surface area contributed by atoms with Crippen molar-refractivity contribution < 1.29 is 4.79 Å². The van der Waals surface area contributed by atoms with Gasteiger partial charge >= 0.3 is 0 Å². The Bertz CT molecular complexity index is 622. The molecule has 2 aliphatic heterocycles. The average molecular weight is 288 g/mol. The molecular formula is C15H20N4O2. The fraction of sp³-hybridized carbons (Fsp3) is 0.667. The number of hydrogen-bond acceptors (Lipinski definition) is 4. The van der Waals surface area contributed by atoms with E-state index in [1.54, 1.807) is 6.07 Å². The lowest BCUT2D eigenvalue weighted by Gasteiger charge is -2.41. The SMILES string of the molecule is O=C1CCC2CN(c3cc(=O)[nH]c(C4CC4)n3)CCC2N1. The summed E-state index contributed by atoms with van der Waals surface area (Å²) in [7, 11) is 0. The zero-order valence-electron chi connectivity index (χ0n) is 12.0. The molecule has 1 aromatic rings. The number of anilines is 1. The molecule has 0 aromatic carbocycles. The summed E-state index contributed by atoms with van der Waals surface area (Å²) in [5, 5.41) is 3.09. The summed E-state index contributed by atoms with van der Waals surface area (Å²) in [4.78, 5) is 33.0. The quantitative estimate of drug-likeness (QED) is 0.842. The molecule has 1 aromatic heterocycles. The van der Waals surface area contributed by atoms with Crippen LogP contribution in [0.2, 0.25) is 0 Å². The van der Waals surface area contributed by atoms with Crippen molar-refractivity contribution in [1.82, 2.24) is 15.3 Å². The first-order valence-electron chi connectivity index (χ1n) is 7.84. The molecule has 2 N–H and O–H groups in total. The maximum absolute atomic E-state index is 11.8. The molecule has 3 fully saturated rings. The van der Waals surface area contributed by atoms with Gasteiger partial charge in [0, 0.05) is 37.5 Å². The van der Waals surface area contributed by atoms with E-state index in [4.69, 9.17) is 0 Å². The number of aromatic amines is 1. The zero-order chi connectivity index (χ0) is 14.4. The van der Waals surface area contributed by atoms with Gasteiger partial charge in [-0.05, 0) is 31.6 Å².